The topological polar surface area (TPSA) is 60.5 Å². The van der Waals surface area contributed by atoms with E-state index in [1.54, 1.807) is 11.3 Å². The number of fused-ring (bicyclic) bond motifs is 2. The van der Waals surface area contributed by atoms with E-state index in [2.05, 4.69) is 10.3 Å². The fourth-order valence-electron chi connectivity index (χ4n) is 2.62. The Labute approximate surface area is 163 Å². The molecule has 8 heteroatoms. The summed E-state index contributed by atoms with van der Waals surface area (Å²) in [4.78, 5) is 16.8. The number of thiazole rings is 1. The highest BCUT2D eigenvalue weighted by atomic mass is 35.5. The number of rotatable bonds is 5. The molecule has 0 spiro atoms. The Morgan fingerprint density at radius 3 is 3.04 bits per heavy atom. The van der Waals surface area contributed by atoms with Crippen molar-refractivity contribution in [1.29, 1.82) is 0 Å². The maximum absolute atomic E-state index is 12.3. The first-order valence-electron chi connectivity index (χ1n) is 7.96. The van der Waals surface area contributed by atoms with Crippen molar-refractivity contribution in [2.24, 2.45) is 0 Å². The van der Waals surface area contributed by atoms with Crippen LogP contribution in [0, 0.1) is 0 Å². The van der Waals surface area contributed by atoms with Crippen molar-refractivity contribution in [2.75, 3.05) is 12.5 Å². The van der Waals surface area contributed by atoms with Crippen molar-refractivity contribution in [3.05, 3.63) is 47.0 Å². The molecule has 0 saturated heterocycles. The van der Waals surface area contributed by atoms with Gasteiger partial charge in [0.2, 0.25) is 12.7 Å². The lowest BCUT2D eigenvalue weighted by Crippen LogP contribution is -2.28. The molecule has 0 aliphatic carbocycles. The second-order valence-corrected chi connectivity index (χ2v) is 8.47. The maximum atomic E-state index is 12.3. The van der Waals surface area contributed by atoms with E-state index in [9.17, 15) is 4.79 Å². The molecule has 1 atom stereocenters. The minimum Gasteiger partial charge on any atom is -0.454 e. The number of halogens is 1. The van der Waals surface area contributed by atoms with E-state index in [-0.39, 0.29) is 18.7 Å². The fraction of sp³-hybridized carbons (Fsp3) is 0.222. The molecule has 0 bridgehead atoms. The third kappa shape index (κ3) is 3.75. The van der Waals surface area contributed by atoms with Gasteiger partial charge in [0.1, 0.15) is 0 Å². The first-order valence-corrected chi connectivity index (χ1v) is 10.1. The normalized spacial score (nSPS) is 13.8. The number of amides is 1. The number of hydrogen-bond acceptors (Lipinski definition) is 6. The molecule has 1 aliphatic rings. The number of hydrogen-bond donors (Lipinski definition) is 1. The summed E-state index contributed by atoms with van der Waals surface area (Å²) in [7, 11) is 0. The van der Waals surface area contributed by atoms with E-state index in [1.165, 1.54) is 11.8 Å². The predicted molar refractivity (Wildman–Crippen MR) is 104 cm³/mol. The fourth-order valence-corrected chi connectivity index (χ4v) is 4.64. The molecule has 2 heterocycles. The summed E-state index contributed by atoms with van der Waals surface area (Å²) in [5.41, 5.74) is 1.83. The van der Waals surface area contributed by atoms with Gasteiger partial charge in [0.05, 0.1) is 22.0 Å². The van der Waals surface area contributed by atoms with Crippen molar-refractivity contribution in [3.8, 4) is 11.5 Å². The van der Waals surface area contributed by atoms with Crippen LogP contribution in [0.2, 0.25) is 5.02 Å². The van der Waals surface area contributed by atoms with Crippen LogP contribution in [0.5, 0.6) is 11.5 Å². The number of thioether (sulfide) groups is 1. The first kappa shape index (κ1) is 17.5. The zero-order valence-electron chi connectivity index (χ0n) is 13.8. The number of nitrogens with one attached hydrogen (secondary N) is 1. The Morgan fingerprint density at radius 2 is 2.15 bits per heavy atom. The van der Waals surface area contributed by atoms with Crippen LogP contribution in [-0.4, -0.2) is 23.4 Å². The van der Waals surface area contributed by atoms with Crippen LogP contribution < -0.4 is 14.8 Å². The average Bonchev–Trinajstić information content (AvgIpc) is 3.24. The molecule has 1 unspecified atom stereocenters. The number of nitrogens with zero attached hydrogens (tertiary/aromatic N) is 1. The van der Waals surface area contributed by atoms with E-state index in [4.69, 9.17) is 21.1 Å². The van der Waals surface area contributed by atoms with Crippen LogP contribution in [0.3, 0.4) is 0 Å². The molecule has 3 aromatic rings. The molecule has 0 radical (unpaired) electrons. The standard InChI is InChI=1S/C18H15ClN2O3S2/c1-10(11-2-4-14-15(6-11)24-9-23-14)20-17(22)8-25-18-21-13-7-12(19)3-5-16(13)26-18/h2-7,10H,8-9H2,1H3,(H,20,22). The van der Waals surface area contributed by atoms with Crippen molar-refractivity contribution in [3.63, 3.8) is 0 Å². The Morgan fingerprint density at radius 1 is 1.31 bits per heavy atom. The molecule has 1 aromatic heterocycles. The Kier molecular flexibility index (Phi) is 4.93. The predicted octanol–water partition coefficient (Wildman–Crippen LogP) is 4.65. The quantitative estimate of drug-likeness (QED) is 0.625. The van der Waals surface area contributed by atoms with Crippen molar-refractivity contribution < 1.29 is 14.3 Å². The summed E-state index contributed by atoms with van der Waals surface area (Å²) in [5, 5.41) is 3.66. The largest absolute Gasteiger partial charge is 0.454 e. The number of carbonyl (C=O) groups excluding carboxylic acids is 1. The molecule has 1 N–H and O–H groups in total. The molecule has 26 heavy (non-hydrogen) atoms. The SMILES string of the molecule is CC(NC(=O)CSc1nc2cc(Cl)ccc2s1)c1ccc2c(c1)OCO2. The molecule has 0 saturated carbocycles. The lowest BCUT2D eigenvalue weighted by molar-refractivity contribution is -0.119. The molecular formula is C18H15ClN2O3S2. The molecule has 1 aliphatic heterocycles. The van der Waals surface area contributed by atoms with Crippen LogP contribution in [-0.2, 0) is 4.79 Å². The third-order valence-electron chi connectivity index (χ3n) is 3.93. The van der Waals surface area contributed by atoms with Gasteiger partial charge in [-0.3, -0.25) is 4.79 Å². The minimum absolute atomic E-state index is 0.0440. The van der Waals surface area contributed by atoms with Gasteiger partial charge in [-0.25, -0.2) is 4.98 Å². The van der Waals surface area contributed by atoms with Gasteiger partial charge in [-0.1, -0.05) is 29.4 Å². The van der Waals surface area contributed by atoms with Crippen LogP contribution in [0.15, 0.2) is 40.7 Å². The minimum atomic E-state index is -0.119. The van der Waals surface area contributed by atoms with Crippen molar-refractivity contribution >= 4 is 50.8 Å². The number of carbonyl (C=O) groups is 1. The average molecular weight is 407 g/mol. The van der Waals surface area contributed by atoms with Gasteiger partial charge in [0.25, 0.3) is 0 Å². The zero-order valence-corrected chi connectivity index (χ0v) is 16.2. The summed E-state index contributed by atoms with van der Waals surface area (Å²) < 4.78 is 12.6. The number of benzene rings is 2. The van der Waals surface area contributed by atoms with E-state index in [0.717, 1.165) is 25.9 Å². The third-order valence-corrected chi connectivity index (χ3v) is 6.35. The summed E-state index contributed by atoms with van der Waals surface area (Å²) in [6.07, 6.45) is 0. The number of ether oxygens (including phenoxy) is 2. The van der Waals surface area contributed by atoms with E-state index >= 15 is 0 Å². The Balaban J connectivity index is 1.35. The summed E-state index contributed by atoms with van der Waals surface area (Å²) in [6.45, 7) is 2.18. The van der Waals surface area contributed by atoms with Crippen LogP contribution in [0.4, 0.5) is 0 Å². The molecule has 1 amide bonds. The maximum Gasteiger partial charge on any atom is 0.231 e. The van der Waals surface area contributed by atoms with E-state index < -0.39 is 0 Å². The van der Waals surface area contributed by atoms with Gasteiger partial charge in [-0.2, -0.15) is 0 Å². The Bertz CT molecular complexity index is 976. The van der Waals surface area contributed by atoms with Gasteiger partial charge in [0.15, 0.2) is 15.8 Å². The van der Waals surface area contributed by atoms with Gasteiger partial charge in [-0.05, 0) is 42.8 Å². The molecule has 2 aromatic carbocycles. The highest BCUT2D eigenvalue weighted by Crippen LogP contribution is 2.34. The first-order chi connectivity index (χ1) is 12.6. The van der Waals surface area contributed by atoms with E-state index in [1.807, 2.05) is 43.3 Å². The number of aromatic nitrogens is 1. The molecular weight excluding hydrogens is 392 g/mol. The van der Waals surface area contributed by atoms with Crippen LogP contribution in [0.1, 0.15) is 18.5 Å². The lowest BCUT2D eigenvalue weighted by atomic mass is 10.1. The van der Waals surface area contributed by atoms with Gasteiger partial charge >= 0.3 is 0 Å². The highest BCUT2D eigenvalue weighted by molar-refractivity contribution is 8.01. The second kappa shape index (κ2) is 7.34. The molecule has 5 nitrogen and oxygen atoms in total. The Hall–Kier alpha value is -1.96. The molecule has 134 valence electrons. The van der Waals surface area contributed by atoms with Crippen molar-refractivity contribution in [2.45, 2.75) is 17.3 Å². The monoisotopic (exact) mass is 406 g/mol. The van der Waals surface area contributed by atoms with Gasteiger partial charge < -0.3 is 14.8 Å². The molecule has 4 rings (SSSR count). The summed E-state index contributed by atoms with van der Waals surface area (Å²) in [6, 6.07) is 11.2. The van der Waals surface area contributed by atoms with E-state index in [0.29, 0.717) is 16.5 Å². The van der Waals surface area contributed by atoms with Crippen LogP contribution >= 0.6 is 34.7 Å². The van der Waals surface area contributed by atoms with Crippen LogP contribution in [0.25, 0.3) is 10.2 Å². The smallest absolute Gasteiger partial charge is 0.231 e. The molecule has 0 fully saturated rings. The second-order valence-electron chi connectivity index (χ2n) is 5.78. The lowest BCUT2D eigenvalue weighted by Gasteiger charge is -2.14. The zero-order chi connectivity index (χ0) is 18.1. The van der Waals surface area contributed by atoms with Crippen molar-refractivity contribution in [1.82, 2.24) is 10.3 Å². The summed E-state index contributed by atoms with van der Waals surface area (Å²) >= 11 is 8.97. The van der Waals surface area contributed by atoms with Gasteiger partial charge in [-0.15, -0.1) is 11.3 Å². The van der Waals surface area contributed by atoms with Gasteiger partial charge in [0, 0.05) is 5.02 Å². The summed E-state index contributed by atoms with van der Waals surface area (Å²) in [5.74, 6) is 1.71. The highest BCUT2D eigenvalue weighted by Gasteiger charge is 2.17.